The molecule has 0 bridgehead atoms. The van der Waals surface area contributed by atoms with Crippen LogP contribution in [0.15, 0.2) is 35.3 Å². The Morgan fingerprint density at radius 2 is 2.00 bits per heavy atom. The van der Waals surface area contributed by atoms with Gasteiger partial charge in [-0.15, -0.1) is 0 Å². The van der Waals surface area contributed by atoms with Crippen molar-refractivity contribution in [2.24, 2.45) is 16.1 Å². The fourth-order valence-corrected chi connectivity index (χ4v) is 2.89. The molecule has 1 aliphatic heterocycles. The maximum absolute atomic E-state index is 6.07. The molecule has 1 aromatic carbocycles. The summed E-state index contributed by atoms with van der Waals surface area (Å²) in [7, 11) is 0. The minimum atomic E-state index is -0.251. The first-order valence-corrected chi connectivity index (χ1v) is 7.74. The summed E-state index contributed by atoms with van der Waals surface area (Å²) in [4.78, 5) is 5.67. The Bertz CT molecular complexity index is 544. The summed E-state index contributed by atoms with van der Waals surface area (Å²) in [5, 5.41) is 0. The molecule has 2 rings (SSSR count). The first-order valence-electron chi connectivity index (χ1n) is 6.86. The highest BCUT2D eigenvalue weighted by Crippen LogP contribution is 2.39. The molecule has 1 aliphatic rings. The zero-order chi connectivity index (χ0) is 14.8. The molecule has 3 nitrogen and oxygen atoms in total. The number of hydrogen-bond acceptors (Lipinski definition) is 4. The number of hydrogen-bond donors (Lipinski definition) is 1. The maximum Gasteiger partial charge on any atom is 0.149 e. The molecule has 2 N–H and O–H groups in total. The standard InChI is InChI=1S/C16H22N2OS/c1-5-19-12-9-7-6-8-11(12)13-10-14(16(2,3)4)18-15(17)20-13/h6-10,15H,5,17H2,1-4H3. The van der Waals surface area contributed by atoms with Gasteiger partial charge in [0.1, 0.15) is 11.2 Å². The predicted molar refractivity (Wildman–Crippen MR) is 88.0 cm³/mol. The van der Waals surface area contributed by atoms with Gasteiger partial charge in [-0.1, -0.05) is 50.7 Å². The molecule has 0 saturated carbocycles. The van der Waals surface area contributed by atoms with Gasteiger partial charge in [0.15, 0.2) is 0 Å². The molecule has 1 aromatic rings. The van der Waals surface area contributed by atoms with Crippen LogP contribution in [0, 0.1) is 5.41 Å². The lowest BCUT2D eigenvalue weighted by Gasteiger charge is -2.26. The van der Waals surface area contributed by atoms with Crippen molar-refractivity contribution in [1.82, 2.24) is 0 Å². The Kier molecular flexibility index (Phi) is 4.55. The highest BCUT2D eigenvalue weighted by atomic mass is 32.2. The van der Waals surface area contributed by atoms with E-state index in [0.29, 0.717) is 6.61 Å². The number of benzene rings is 1. The second kappa shape index (κ2) is 6.02. The van der Waals surface area contributed by atoms with Crippen LogP contribution >= 0.6 is 11.8 Å². The van der Waals surface area contributed by atoms with Crippen LogP contribution in [0.25, 0.3) is 4.91 Å². The van der Waals surface area contributed by atoms with E-state index >= 15 is 0 Å². The average molecular weight is 290 g/mol. The normalized spacial score (nSPS) is 19.4. The molecule has 1 atom stereocenters. The van der Waals surface area contributed by atoms with Crippen molar-refractivity contribution in [3.05, 3.63) is 35.9 Å². The number of allylic oxidation sites excluding steroid dienone is 1. The van der Waals surface area contributed by atoms with E-state index in [1.165, 1.54) is 0 Å². The zero-order valence-electron chi connectivity index (χ0n) is 12.5. The van der Waals surface area contributed by atoms with Crippen molar-refractivity contribution in [2.75, 3.05) is 6.61 Å². The average Bonchev–Trinajstić information content (AvgIpc) is 2.38. The summed E-state index contributed by atoms with van der Waals surface area (Å²) < 4.78 is 5.71. The van der Waals surface area contributed by atoms with Gasteiger partial charge in [0.25, 0.3) is 0 Å². The molecule has 0 amide bonds. The van der Waals surface area contributed by atoms with Crippen LogP contribution in [0.5, 0.6) is 5.75 Å². The van der Waals surface area contributed by atoms with E-state index in [-0.39, 0.29) is 10.9 Å². The molecule has 0 aromatic heterocycles. The van der Waals surface area contributed by atoms with Crippen LogP contribution in [0.2, 0.25) is 0 Å². The topological polar surface area (TPSA) is 47.6 Å². The first-order chi connectivity index (χ1) is 9.41. The molecular weight excluding hydrogens is 268 g/mol. The summed E-state index contributed by atoms with van der Waals surface area (Å²) >= 11 is 1.57. The number of nitrogens with two attached hydrogens (primary N) is 1. The third-order valence-corrected chi connectivity index (χ3v) is 3.94. The fourth-order valence-electron chi connectivity index (χ4n) is 1.99. The lowest BCUT2D eigenvalue weighted by atomic mass is 9.89. The van der Waals surface area contributed by atoms with E-state index in [0.717, 1.165) is 21.9 Å². The monoisotopic (exact) mass is 290 g/mol. The molecule has 0 radical (unpaired) electrons. The van der Waals surface area contributed by atoms with Crippen molar-refractivity contribution < 1.29 is 4.74 Å². The molecule has 20 heavy (non-hydrogen) atoms. The highest BCUT2D eigenvalue weighted by Gasteiger charge is 2.24. The Morgan fingerprint density at radius 3 is 2.65 bits per heavy atom. The van der Waals surface area contributed by atoms with E-state index in [1.54, 1.807) is 11.8 Å². The molecule has 0 fully saturated rings. The van der Waals surface area contributed by atoms with Crippen LogP contribution in [-0.2, 0) is 0 Å². The van der Waals surface area contributed by atoms with Gasteiger partial charge in [-0.25, -0.2) is 0 Å². The summed E-state index contributed by atoms with van der Waals surface area (Å²) in [6.07, 6.45) is 2.13. The molecule has 0 aliphatic carbocycles. The van der Waals surface area contributed by atoms with Crippen LogP contribution in [0.4, 0.5) is 0 Å². The Balaban J connectivity index is 2.42. The van der Waals surface area contributed by atoms with Gasteiger partial charge in [-0.2, -0.15) is 0 Å². The quantitative estimate of drug-likeness (QED) is 0.918. The molecule has 1 heterocycles. The summed E-state index contributed by atoms with van der Waals surface area (Å²) in [6, 6.07) is 8.07. The van der Waals surface area contributed by atoms with E-state index in [4.69, 9.17) is 10.5 Å². The van der Waals surface area contributed by atoms with E-state index in [1.807, 2.05) is 25.1 Å². The molecule has 108 valence electrons. The molecule has 4 heteroatoms. The summed E-state index contributed by atoms with van der Waals surface area (Å²) in [6.45, 7) is 9.10. The molecule has 0 spiro atoms. The number of ether oxygens (including phenoxy) is 1. The maximum atomic E-state index is 6.07. The van der Waals surface area contributed by atoms with Crippen molar-refractivity contribution >= 4 is 22.4 Å². The summed E-state index contributed by atoms with van der Waals surface area (Å²) in [5.41, 5.74) is 7.93. The van der Waals surface area contributed by atoms with E-state index in [9.17, 15) is 0 Å². The van der Waals surface area contributed by atoms with Crippen LogP contribution in [0.1, 0.15) is 33.3 Å². The minimum absolute atomic E-state index is 0.00952. The molecular formula is C16H22N2OS. The molecule has 0 saturated heterocycles. The lowest BCUT2D eigenvalue weighted by Crippen LogP contribution is -2.26. The van der Waals surface area contributed by atoms with Gasteiger partial charge < -0.3 is 10.5 Å². The van der Waals surface area contributed by atoms with E-state index in [2.05, 4.69) is 37.9 Å². The SMILES string of the molecule is CCOc1ccccc1C1=CC(C(C)(C)C)=NC(N)S1. The van der Waals surface area contributed by atoms with Gasteiger partial charge in [-0.05, 0) is 19.1 Å². The second-order valence-corrected chi connectivity index (χ2v) is 6.87. The number of nitrogens with zero attached hydrogens (tertiary/aromatic N) is 1. The van der Waals surface area contributed by atoms with Gasteiger partial charge in [-0.3, -0.25) is 4.99 Å². The number of para-hydroxylation sites is 1. The highest BCUT2D eigenvalue weighted by molar-refractivity contribution is 8.08. The van der Waals surface area contributed by atoms with Crippen molar-refractivity contribution in [3.8, 4) is 5.75 Å². The Morgan fingerprint density at radius 1 is 1.30 bits per heavy atom. The number of aliphatic imine (C=N–C) groups is 1. The smallest absolute Gasteiger partial charge is 0.149 e. The van der Waals surface area contributed by atoms with Crippen LogP contribution < -0.4 is 10.5 Å². The van der Waals surface area contributed by atoms with Crippen LogP contribution in [-0.4, -0.2) is 17.8 Å². The zero-order valence-corrected chi connectivity index (χ0v) is 13.3. The molecule has 1 unspecified atom stereocenters. The summed E-state index contributed by atoms with van der Waals surface area (Å²) in [5.74, 6) is 0.899. The number of thioether (sulfide) groups is 1. The largest absolute Gasteiger partial charge is 0.493 e. The van der Waals surface area contributed by atoms with Crippen molar-refractivity contribution in [1.29, 1.82) is 0 Å². The van der Waals surface area contributed by atoms with Crippen molar-refractivity contribution in [2.45, 2.75) is 33.2 Å². The van der Waals surface area contributed by atoms with Gasteiger partial charge in [0.2, 0.25) is 0 Å². The lowest BCUT2D eigenvalue weighted by molar-refractivity contribution is 0.339. The Labute approximate surface area is 125 Å². The van der Waals surface area contributed by atoms with Gasteiger partial charge in [0, 0.05) is 21.6 Å². The fraction of sp³-hybridized carbons (Fsp3) is 0.438. The van der Waals surface area contributed by atoms with Crippen LogP contribution in [0.3, 0.4) is 0 Å². The number of rotatable bonds is 3. The van der Waals surface area contributed by atoms with E-state index < -0.39 is 0 Å². The predicted octanol–water partition coefficient (Wildman–Crippen LogP) is 3.90. The third kappa shape index (κ3) is 3.44. The van der Waals surface area contributed by atoms with Crippen molar-refractivity contribution in [3.63, 3.8) is 0 Å². The van der Waals surface area contributed by atoms with Gasteiger partial charge in [0.05, 0.1) is 6.61 Å². The van der Waals surface area contributed by atoms with Gasteiger partial charge >= 0.3 is 0 Å². The minimum Gasteiger partial charge on any atom is -0.493 e. The Hall–Kier alpha value is -1.26. The second-order valence-electron chi connectivity index (χ2n) is 5.71. The third-order valence-electron chi connectivity index (χ3n) is 3.00. The first kappa shape index (κ1) is 15.1.